The minimum absolute atomic E-state index is 0.566. The Bertz CT molecular complexity index is 1200. The summed E-state index contributed by atoms with van der Waals surface area (Å²) in [7, 11) is 0. The fourth-order valence-electron chi connectivity index (χ4n) is 5.87. The predicted octanol–water partition coefficient (Wildman–Crippen LogP) is 5.42. The highest BCUT2D eigenvalue weighted by Crippen LogP contribution is 2.30. The molecule has 38 heavy (non-hydrogen) atoms. The number of likely N-dealkylation sites (tertiary alicyclic amines) is 1. The van der Waals surface area contributed by atoms with Crippen LogP contribution < -0.4 is 15.2 Å². The molecule has 5 nitrogen and oxygen atoms in total. The van der Waals surface area contributed by atoms with Crippen LogP contribution >= 0.6 is 23.2 Å². The number of aromatic nitrogens is 1. The third-order valence-electron chi connectivity index (χ3n) is 7.94. The molecule has 3 aromatic rings. The molecule has 2 aromatic carbocycles. The van der Waals surface area contributed by atoms with Crippen LogP contribution in [0.15, 0.2) is 60.9 Å². The van der Waals surface area contributed by atoms with E-state index in [0.29, 0.717) is 21.9 Å². The summed E-state index contributed by atoms with van der Waals surface area (Å²) in [5, 5.41) is 7.60. The standard InChI is InChI=1S/C31H36Cl2N4O/c32-30-16-29(17-31(33)18-30)28-14-24(20-36-9-3-23(4-10-36)19-35-22-38)13-25(15-28)21-37-11-5-27(6-12-37)26-1-7-34-8-2-26/h5-6,11-18,22-23,26,34H,1-4,7-10,19-21H2/p+1. The Labute approximate surface area is 236 Å². The van der Waals surface area contributed by atoms with E-state index in [1.165, 1.54) is 29.5 Å². The molecule has 2 aliphatic heterocycles. The maximum Gasteiger partial charge on any atom is 0.207 e. The lowest BCUT2D eigenvalue weighted by molar-refractivity contribution is -0.688. The Morgan fingerprint density at radius 3 is 2.24 bits per heavy atom. The number of pyridine rings is 1. The van der Waals surface area contributed by atoms with E-state index in [1.807, 2.05) is 12.1 Å². The first-order chi connectivity index (χ1) is 18.6. The van der Waals surface area contributed by atoms with Crippen molar-refractivity contribution in [1.29, 1.82) is 0 Å². The minimum atomic E-state index is 0.566. The average Bonchev–Trinajstić information content (AvgIpc) is 2.93. The number of nitrogens with zero attached hydrogens (tertiary/aromatic N) is 2. The van der Waals surface area contributed by atoms with Gasteiger partial charge in [-0.1, -0.05) is 23.2 Å². The summed E-state index contributed by atoms with van der Waals surface area (Å²) in [6.07, 6.45) is 9.88. The molecular formula is C31H37Cl2N4O+. The van der Waals surface area contributed by atoms with Crippen molar-refractivity contribution in [3.8, 4) is 11.1 Å². The lowest BCUT2D eigenvalue weighted by Crippen LogP contribution is -2.36. The van der Waals surface area contributed by atoms with Crippen LogP contribution in [0.3, 0.4) is 0 Å². The zero-order valence-corrected chi connectivity index (χ0v) is 23.4. The Kier molecular flexibility index (Phi) is 9.34. The smallest absolute Gasteiger partial charge is 0.207 e. The maximum atomic E-state index is 10.7. The summed E-state index contributed by atoms with van der Waals surface area (Å²) >= 11 is 12.7. The van der Waals surface area contributed by atoms with Gasteiger partial charge in [0.1, 0.15) is 0 Å². The van der Waals surface area contributed by atoms with Crippen LogP contribution in [0, 0.1) is 5.92 Å². The van der Waals surface area contributed by atoms with Crippen LogP contribution in [0.2, 0.25) is 10.0 Å². The summed E-state index contributed by atoms with van der Waals surface area (Å²) in [5.41, 5.74) is 6.18. The van der Waals surface area contributed by atoms with Crippen molar-refractivity contribution in [2.45, 2.75) is 44.7 Å². The molecule has 0 bridgehead atoms. The van der Waals surface area contributed by atoms with Crippen LogP contribution in [0.25, 0.3) is 11.1 Å². The summed E-state index contributed by atoms with van der Waals surface area (Å²) in [6.45, 7) is 6.79. The van der Waals surface area contributed by atoms with Crippen molar-refractivity contribution >= 4 is 29.6 Å². The van der Waals surface area contributed by atoms with Crippen molar-refractivity contribution in [3.63, 3.8) is 0 Å². The second kappa shape index (κ2) is 13.1. The van der Waals surface area contributed by atoms with Gasteiger partial charge in [-0.2, -0.15) is 0 Å². The number of carbonyl (C=O) groups is 1. The zero-order chi connectivity index (χ0) is 26.3. The Hall–Kier alpha value is -2.44. The minimum Gasteiger partial charge on any atom is -0.358 e. The number of nitrogens with one attached hydrogen (secondary N) is 2. The Morgan fingerprint density at radius 2 is 1.55 bits per heavy atom. The molecule has 0 radical (unpaired) electrons. The first-order valence-corrected chi connectivity index (χ1v) is 14.5. The fraction of sp³-hybridized carbons (Fsp3) is 0.419. The van der Waals surface area contributed by atoms with Gasteiger partial charge < -0.3 is 10.6 Å². The number of rotatable bonds is 9. The van der Waals surface area contributed by atoms with Gasteiger partial charge in [-0.15, -0.1) is 0 Å². The SMILES string of the molecule is O=CNCC1CCN(Cc2cc(C[n+]3ccc(C4CCNCC4)cc3)cc(-c3cc(Cl)cc(Cl)c3)c2)CC1. The van der Waals surface area contributed by atoms with E-state index in [-0.39, 0.29) is 0 Å². The molecule has 0 saturated carbocycles. The molecule has 5 rings (SSSR count). The monoisotopic (exact) mass is 551 g/mol. The number of benzene rings is 2. The molecule has 0 spiro atoms. The Morgan fingerprint density at radius 1 is 0.895 bits per heavy atom. The maximum absolute atomic E-state index is 10.7. The van der Waals surface area contributed by atoms with Gasteiger partial charge >= 0.3 is 0 Å². The number of carbonyl (C=O) groups excluding carboxylic acids is 1. The normalized spacial score (nSPS) is 17.4. The second-order valence-corrected chi connectivity index (χ2v) is 11.6. The van der Waals surface area contributed by atoms with Gasteiger partial charge in [0.05, 0.1) is 0 Å². The van der Waals surface area contributed by atoms with E-state index in [2.05, 4.69) is 62.8 Å². The van der Waals surface area contributed by atoms with E-state index in [9.17, 15) is 4.79 Å². The predicted molar refractivity (Wildman–Crippen MR) is 155 cm³/mol. The van der Waals surface area contributed by atoms with Crippen molar-refractivity contribution in [1.82, 2.24) is 15.5 Å². The lowest BCUT2D eigenvalue weighted by atomic mass is 9.91. The molecule has 1 aromatic heterocycles. The van der Waals surface area contributed by atoms with Crippen molar-refractivity contribution in [2.24, 2.45) is 5.92 Å². The van der Waals surface area contributed by atoms with Gasteiger partial charge in [0.15, 0.2) is 18.9 Å². The van der Waals surface area contributed by atoms with Crippen LogP contribution in [0.5, 0.6) is 0 Å². The molecule has 200 valence electrons. The Balaban J connectivity index is 1.35. The van der Waals surface area contributed by atoms with Gasteiger partial charge in [0, 0.05) is 40.8 Å². The van der Waals surface area contributed by atoms with Crippen molar-refractivity contribution < 1.29 is 9.36 Å². The number of halogens is 2. The van der Waals surface area contributed by atoms with Gasteiger partial charge in [0.25, 0.3) is 0 Å². The highest BCUT2D eigenvalue weighted by atomic mass is 35.5. The van der Waals surface area contributed by atoms with Crippen molar-refractivity contribution in [3.05, 3.63) is 87.7 Å². The number of amides is 1. The summed E-state index contributed by atoms with van der Waals surface area (Å²) < 4.78 is 2.27. The number of piperidine rings is 2. The molecule has 0 unspecified atom stereocenters. The molecule has 1 amide bonds. The summed E-state index contributed by atoms with van der Waals surface area (Å²) in [4.78, 5) is 13.2. The number of hydrogen-bond acceptors (Lipinski definition) is 3. The molecule has 2 saturated heterocycles. The lowest BCUT2D eigenvalue weighted by Gasteiger charge is -2.32. The third kappa shape index (κ3) is 7.35. The second-order valence-electron chi connectivity index (χ2n) is 10.8. The van der Waals surface area contributed by atoms with E-state index in [0.717, 1.165) is 76.2 Å². The van der Waals surface area contributed by atoms with E-state index >= 15 is 0 Å². The quantitative estimate of drug-likeness (QED) is 0.275. The number of hydrogen-bond donors (Lipinski definition) is 2. The van der Waals surface area contributed by atoms with E-state index in [1.54, 1.807) is 6.07 Å². The van der Waals surface area contributed by atoms with E-state index in [4.69, 9.17) is 23.2 Å². The molecule has 0 aliphatic carbocycles. The molecular weight excluding hydrogens is 515 g/mol. The fourth-order valence-corrected chi connectivity index (χ4v) is 6.39. The van der Waals surface area contributed by atoms with Gasteiger partial charge in [-0.05, 0) is 122 Å². The molecule has 2 aliphatic rings. The topological polar surface area (TPSA) is 48.3 Å². The first kappa shape index (κ1) is 27.1. The summed E-state index contributed by atoms with van der Waals surface area (Å²) in [6, 6.07) is 17.2. The third-order valence-corrected chi connectivity index (χ3v) is 8.38. The highest BCUT2D eigenvalue weighted by Gasteiger charge is 2.20. The van der Waals surface area contributed by atoms with Crippen molar-refractivity contribution in [2.75, 3.05) is 32.7 Å². The van der Waals surface area contributed by atoms with Crippen LogP contribution in [0.1, 0.15) is 48.3 Å². The van der Waals surface area contributed by atoms with Gasteiger partial charge in [-0.25, -0.2) is 4.57 Å². The largest absolute Gasteiger partial charge is 0.358 e. The van der Waals surface area contributed by atoms with E-state index < -0.39 is 0 Å². The highest BCUT2D eigenvalue weighted by molar-refractivity contribution is 6.35. The van der Waals surface area contributed by atoms with Crippen LogP contribution in [0.4, 0.5) is 0 Å². The van der Waals surface area contributed by atoms with Crippen LogP contribution in [-0.4, -0.2) is 44.0 Å². The molecule has 3 heterocycles. The van der Waals surface area contributed by atoms with Gasteiger partial charge in [-0.3, -0.25) is 9.69 Å². The zero-order valence-electron chi connectivity index (χ0n) is 21.8. The molecule has 2 fully saturated rings. The molecule has 7 heteroatoms. The first-order valence-electron chi connectivity index (χ1n) is 13.7. The molecule has 2 N–H and O–H groups in total. The van der Waals surface area contributed by atoms with Crippen LogP contribution in [-0.2, 0) is 17.9 Å². The summed E-state index contributed by atoms with van der Waals surface area (Å²) in [5.74, 6) is 1.22. The van der Waals surface area contributed by atoms with Gasteiger partial charge in [0.2, 0.25) is 6.41 Å². The average molecular weight is 553 g/mol. The molecule has 0 atom stereocenters.